The quantitative estimate of drug-likeness (QED) is 0.866. The lowest BCUT2D eigenvalue weighted by atomic mass is 10.1. The van der Waals surface area contributed by atoms with Gasteiger partial charge in [0.15, 0.2) is 0 Å². The summed E-state index contributed by atoms with van der Waals surface area (Å²) in [4.78, 5) is 27.1. The zero-order valence-corrected chi connectivity index (χ0v) is 13.4. The smallest absolute Gasteiger partial charge is 0.332 e. The summed E-state index contributed by atoms with van der Waals surface area (Å²) in [5.74, 6) is -1.58. The van der Waals surface area contributed by atoms with E-state index >= 15 is 0 Å². The molecule has 1 N–H and O–H groups in total. The van der Waals surface area contributed by atoms with Crippen molar-refractivity contribution in [3.63, 3.8) is 0 Å². The first-order valence-electron chi connectivity index (χ1n) is 7.72. The fourth-order valence-electron chi connectivity index (χ4n) is 2.85. The second kappa shape index (κ2) is 6.60. The third-order valence-corrected chi connectivity index (χ3v) is 4.17. The van der Waals surface area contributed by atoms with E-state index < -0.39 is 35.7 Å². The molecule has 1 fully saturated rings. The highest BCUT2D eigenvalue weighted by Crippen LogP contribution is 2.28. The molecule has 2 aromatic carbocycles. The van der Waals surface area contributed by atoms with Crippen LogP contribution in [0.4, 0.5) is 19.3 Å². The number of rotatable bonds is 4. The van der Waals surface area contributed by atoms with Gasteiger partial charge in [-0.1, -0.05) is 18.2 Å². The van der Waals surface area contributed by atoms with E-state index in [2.05, 4.69) is 0 Å². The van der Waals surface area contributed by atoms with Gasteiger partial charge in [-0.3, -0.25) is 14.6 Å². The lowest BCUT2D eigenvalue weighted by molar-refractivity contribution is -0.128. The van der Waals surface area contributed by atoms with Gasteiger partial charge >= 0.3 is 6.03 Å². The van der Waals surface area contributed by atoms with Crippen LogP contribution in [0, 0.1) is 11.6 Å². The van der Waals surface area contributed by atoms with Gasteiger partial charge < -0.3 is 5.11 Å². The van der Waals surface area contributed by atoms with Crippen LogP contribution >= 0.6 is 0 Å². The van der Waals surface area contributed by atoms with Crippen molar-refractivity contribution < 1.29 is 23.5 Å². The minimum Gasteiger partial charge on any atom is -0.386 e. The summed E-state index contributed by atoms with van der Waals surface area (Å²) in [7, 11) is 0. The van der Waals surface area contributed by atoms with Crippen molar-refractivity contribution in [2.75, 3.05) is 11.4 Å². The van der Waals surface area contributed by atoms with E-state index in [0.717, 1.165) is 4.90 Å². The van der Waals surface area contributed by atoms with Crippen LogP contribution in [-0.4, -0.2) is 34.5 Å². The van der Waals surface area contributed by atoms with E-state index in [1.54, 1.807) is 13.0 Å². The fourth-order valence-corrected chi connectivity index (χ4v) is 2.85. The number of carbonyl (C=O) groups is 2. The summed E-state index contributed by atoms with van der Waals surface area (Å²) in [5, 5.41) is 10.2. The Morgan fingerprint density at radius 1 is 1.08 bits per heavy atom. The maximum Gasteiger partial charge on any atom is 0.332 e. The second-order valence-corrected chi connectivity index (χ2v) is 5.79. The fraction of sp³-hybridized carbons (Fsp3) is 0.222. The molecular weight excluding hydrogens is 330 g/mol. The van der Waals surface area contributed by atoms with Crippen LogP contribution in [0.3, 0.4) is 0 Å². The van der Waals surface area contributed by atoms with Gasteiger partial charge in [0, 0.05) is 11.3 Å². The Morgan fingerprint density at radius 2 is 1.72 bits per heavy atom. The van der Waals surface area contributed by atoms with Crippen molar-refractivity contribution in [2.45, 2.75) is 19.1 Å². The number of aliphatic hydroxyl groups is 1. The van der Waals surface area contributed by atoms with Crippen molar-refractivity contribution in [1.82, 2.24) is 4.90 Å². The SMILES string of the molecule is C[C@@H]1C(=O)N(C[C@H](O)c2ccccc2F)C(=O)N1c1ccc(F)cc1. The molecule has 1 saturated heterocycles. The molecule has 2 aromatic rings. The average molecular weight is 346 g/mol. The molecule has 0 bridgehead atoms. The number of aliphatic hydroxyl groups excluding tert-OH is 1. The molecule has 3 amide bonds. The number of carbonyl (C=O) groups excluding carboxylic acids is 2. The summed E-state index contributed by atoms with van der Waals surface area (Å²) >= 11 is 0. The predicted octanol–water partition coefficient (Wildman–Crippen LogP) is 2.86. The summed E-state index contributed by atoms with van der Waals surface area (Å²) in [6.07, 6.45) is -1.34. The van der Waals surface area contributed by atoms with E-state index in [0.29, 0.717) is 5.69 Å². The largest absolute Gasteiger partial charge is 0.386 e. The number of hydrogen-bond donors (Lipinski definition) is 1. The topological polar surface area (TPSA) is 60.9 Å². The standard InChI is InChI=1S/C18H16F2N2O3/c1-11-17(24)21(10-16(23)14-4-2-3-5-15(14)20)18(25)22(11)13-8-6-12(19)7-9-13/h2-9,11,16,23H,10H2,1H3/t11-,16+/m1/s1. The van der Waals surface area contributed by atoms with Crippen molar-refractivity contribution in [3.05, 3.63) is 65.7 Å². The summed E-state index contributed by atoms with van der Waals surface area (Å²) < 4.78 is 26.8. The van der Waals surface area contributed by atoms with Gasteiger partial charge in [-0.25, -0.2) is 13.6 Å². The van der Waals surface area contributed by atoms with Gasteiger partial charge in [-0.15, -0.1) is 0 Å². The Kier molecular flexibility index (Phi) is 4.50. The van der Waals surface area contributed by atoms with Crippen LogP contribution in [-0.2, 0) is 4.79 Å². The van der Waals surface area contributed by atoms with Gasteiger partial charge in [0.05, 0.1) is 12.6 Å². The number of benzene rings is 2. The first-order valence-corrected chi connectivity index (χ1v) is 7.72. The number of anilines is 1. The zero-order valence-electron chi connectivity index (χ0n) is 13.4. The Bertz CT molecular complexity index is 810. The highest BCUT2D eigenvalue weighted by Gasteiger charge is 2.44. The van der Waals surface area contributed by atoms with Crippen LogP contribution < -0.4 is 4.90 Å². The second-order valence-electron chi connectivity index (χ2n) is 5.79. The molecule has 0 unspecified atom stereocenters. The molecule has 130 valence electrons. The van der Waals surface area contributed by atoms with Crippen molar-refractivity contribution in [2.24, 2.45) is 0 Å². The number of imide groups is 1. The van der Waals surface area contributed by atoms with Crippen molar-refractivity contribution in [1.29, 1.82) is 0 Å². The first kappa shape index (κ1) is 17.0. The first-order chi connectivity index (χ1) is 11.9. The molecule has 0 aliphatic carbocycles. The Hall–Kier alpha value is -2.80. The molecule has 1 heterocycles. The number of amides is 3. The molecule has 25 heavy (non-hydrogen) atoms. The van der Waals surface area contributed by atoms with E-state index in [-0.39, 0.29) is 12.1 Å². The van der Waals surface area contributed by atoms with Crippen LogP contribution in [0.25, 0.3) is 0 Å². The molecule has 0 aromatic heterocycles. The van der Waals surface area contributed by atoms with Gasteiger partial charge in [-0.05, 0) is 37.3 Å². The highest BCUT2D eigenvalue weighted by molar-refractivity contribution is 6.14. The van der Waals surface area contributed by atoms with Crippen LogP contribution in [0.15, 0.2) is 48.5 Å². The van der Waals surface area contributed by atoms with E-state index in [1.165, 1.54) is 47.4 Å². The third-order valence-electron chi connectivity index (χ3n) is 4.17. The predicted molar refractivity (Wildman–Crippen MR) is 86.8 cm³/mol. The Balaban J connectivity index is 1.83. The van der Waals surface area contributed by atoms with E-state index in [9.17, 15) is 23.5 Å². The normalized spacial score (nSPS) is 18.8. The van der Waals surface area contributed by atoms with Gasteiger partial charge in [0.2, 0.25) is 0 Å². The molecule has 5 nitrogen and oxygen atoms in total. The van der Waals surface area contributed by atoms with Gasteiger partial charge in [-0.2, -0.15) is 0 Å². The third kappa shape index (κ3) is 3.10. The van der Waals surface area contributed by atoms with Crippen molar-refractivity contribution in [3.8, 4) is 0 Å². The monoisotopic (exact) mass is 346 g/mol. The maximum absolute atomic E-state index is 13.8. The molecule has 0 radical (unpaired) electrons. The van der Waals surface area contributed by atoms with Gasteiger partial charge in [0.1, 0.15) is 17.7 Å². The summed E-state index contributed by atoms with van der Waals surface area (Å²) in [5.41, 5.74) is 0.381. The number of urea groups is 1. The molecule has 0 spiro atoms. The van der Waals surface area contributed by atoms with Crippen molar-refractivity contribution >= 4 is 17.6 Å². The molecule has 2 atom stereocenters. The Morgan fingerprint density at radius 3 is 2.36 bits per heavy atom. The summed E-state index contributed by atoms with van der Waals surface area (Å²) in [6, 6.07) is 9.37. The molecule has 3 rings (SSSR count). The number of halogens is 2. The summed E-state index contributed by atoms with van der Waals surface area (Å²) in [6.45, 7) is 1.18. The maximum atomic E-state index is 13.8. The van der Waals surface area contributed by atoms with E-state index in [1.807, 2.05) is 0 Å². The molecule has 1 aliphatic rings. The van der Waals surface area contributed by atoms with Crippen LogP contribution in [0.5, 0.6) is 0 Å². The minimum atomic E-state index is -1.34. The lowest BCUT2D eigenvalue weighted by Gasteiger charge is -2.21. The lowest BCUT2D eigenvalue weighted by Crippen LogP contribution is -2.36. The van der Waals surface area contributed by atoms with Gasteiger partial charge in [0.25, 0.3) is 5.91 Å². The zero-order chi connectivity index (χ0) is 18.1. The number of nitrogens with zero attached hydrogens (tertiary/aromatic N) is 2. The molecule has 7 heteroatoms. The highest BCUT2D eigenvalue weighted by atomic mass is 19.1. The molecule has 0 saturated carbocycles. The minimum absolute atomic E-state index is 0.0102. The number of hydrogen-bond acceptors (Lipinski definition) is 3. The van der Waals surface area contributed by atoms with E-state index in [4.69, 9.17) is 0 Å². The molecular formula is C18H16F2N2O3. The van der Waals surface area contributed by atoms with Crippen LogP contribution in [0.1, 0.15) is 18.6 Å². The van der Waals surface area contributed by atoms with Crippen LogP contribution in [0.2, 0.25) is 0 Å². The number of β-amino-alcohol motifs (C(OH)–C–C–N with tert-alkyl or cyclic N) is 1. The Labute approximate surface area is 143 Å². The average Bonchev–Trinajstić information content (AvgIpc) is 2.80. The molecule has 1 aliphatic heterocycles.